The molecule has 1 aliphatic rings. The maximum absolute atomic E-state index is 4.95. The van der Waals surface area contributed by atoms with E-state index in [0.717, 1.165) is 0 Å². The van der Waals surface area contributed by atoms with Gasteiger partial charge in [-0.2, -0.15) is 0 Å². The van der Waals surface area contributed by atoms with Gasteiger partial charge in [0.1, 0.15) is 6.23 Å². The lowest BCUT2D eigenvalue weighted by Gasteiger charge is -1.79. The van der Waals surface area contributed by atoms with Crippen LogP contribution in [0, 0.1) is 0 Å². The average Bonchev–Trinajstić information content (AvgIpc) is 2.19. The maximum atomic E-state index is 4.95. The van der Waals surface area contributed by atoms with Gasteiger partial charge < -0.3 is 4.74 Å². The summed E-state index contributed by atoms with van der Waals surface area (Å²) in [5, 5.41) is 2.97. The fraction of sp³-hybridized carbons (Fsp3) is 1.00. The fourth-order valence-electron chi connectivity index (χ4n) is 0.489. The van der Waals surface area contributed by atoms with Gasteiger partial charge in [0.2, 0.25) is 0 Å². The van der Waals surface area contributed by atoms with Crippen LogP contribution in [0.1, 0.15) is 6.92 Å². The van der Waals surface area contributed by atoms with Crippen molar-refractivity contribution in [2.45, 2.75) is 19.3 Å². The molecule has 36 valence electrons. The first kappa shape index (κ1) is 4.09. The normalized spacial score (nSPS) is 43.0. The molecule has 0 bridgehead atoms. The molecule has 1 fully saturated rings. The van der Waals surface area contributed by atoms with Crippen LogP contribution in [-0.4, -0.2) is 19.4 Å². The Morgan fingerprint density at radius 1 is 1.67 bits per heavy atom. The smallest absolute Gasteiger partial charge is 0.134 e. The lowest BCUT2D eigenvalue weighted by molar-refractivity contribution is 0.361. The molecule has 1 N–H and O–H groups in total. The van der Waals surface area contributed by atoms with Gasteiger partial charge in [-0.1, -0.05) is 0 Å². The highest BCUT2D eigenvalue weighted by Crippen LogP contribution is 2.15. The molecule has 2 atom stereocenters. The van der Waals surface area contributed by atoms with Gasteiger partial charge in [-0.3, -0.25) is 5.32 Å². The number of likely N-dealkylation sites (N-methyl/N-ethyl adjacent to an activating group) is 1. The molecule has 0 amide bonds. The monoisotopic (exact) mass is 87.1 g/mol. The number of hydrogen-bond acceptors (Lipinski definition) is 2. The van der Waals surface area contributed by atoms with Crippen LogP contribution in [0.4, 0.5) is 0 Å². The van der Waals surface area contributed by atoms with Crippen molar-refractivity contribution in [2.75, 3.05) is 7.05 Å². The highest BCUT2D eigenvalue weighted by atomic mass is 16.6. The van der Waals surface area contributed by atoms with Crippen LogP contribution in [0.25, 0.3) is 0 Å². The second-order valence-corrected chi connectivity index (χ2v) is 1.55. The second-order valence-electron chi connectivity index (χ2n) is 1.55. The van der Waals surface area contributed by atoms with Crippen LogP contribution < -0.4 is 5.32 Å². The standard InChI is InChI=1S/C4H9NO/c1-3-4(5-2)6-3/h3-5H,1-2H3/t3?,4-/m1/s1. The van der Waals surface area contributed by atoms with E-state index < -0.39 is 0 Å². The van der Waals surface area contributed by atoms with Crippen molar-refractivity contribution in [1.29, 1.82) is 0 Å². The Morgan fingerprint density at radius 2 is 2.17 bits per heavy atom. The largest absolute Gasteiger partial charge is 0.354 e. The number of ether oxygens (including phenoxy) is 1. The molecule has 6 heavy (non-hydrogen) atoms. The molecule has 0 radical (unpaired) electrons. The van der Waals surface area contributed by atoms with Gasteiger partial charge in [-0.15, -0.1) is 0 Å². The Labute approximate surface area is 37.5 Å². The van der Waals surface area contributed by atoms with Gasteiger partial charge >= 0.3 is 0 Å². The van der Waals surface area contributed by atoms with Crippen LogP contribution in [0.15, 0.2) is 0 Å². The summed E-state index contributed by atoms with van der Waals surface area (Å²) in [6, 6.07) is 0. The van der Waals surface area contributed by atoms with Crippen LogP contribution in [0.5, 0.6) is 0 Å². The molecule has 0 aromatic rings. The zero-order valence-corrected chi connectivity index (χ0v) is 4.06. The highest BCUT2D eigenvalue weighted by Gasteiger charge is 2.31. The molecule has 0 aliphatic carbocycles. The SMILES string of the molecule is CN[C@@H]1OC1C. The molecule has 1 saturated heterocycles. The molecule has 0 saturated carbocycles. The molecular formula is C4H9NO. The molecule has 2 heteroatoms. The van der Waals surface area contributed by atoms with Crippen LogP contribution in [-0.2, 0) is 4.74 Å². The van der Waals surface area contributed by atoms with Gasteiger partial charge in [0.25, 0.3) is 0 Å². The number of hydrogen-bond donors (Lipinski definition) is 1. The third-order valence-electron chi connectivity index (χ3n) is 0.996. The lowest BCUT2D eigenvalue weighted by Crippen LogP contribution is -2.11. The molecule has 1 heterocycles. The van der Waals surface area contributed by atoms with Gasteiger partial charge in [0.15, 0.2) is 0 Å². The van der Waals surface area contributed by atoms with Crippen molar-refractivity contribution in [2.24, 2.45) is 0 Å². The summed E-state index contributed by atoms with van der Waals surface area (Å²) < 4.78 is 4.95. The van der Waals surface area contributed by atoms with Crippen molar-refractivity contribution < 1.29 is 4.74 Å². The van der Waals surface area contributed by atoms with Crippen molar-refractivity contribution in [1.82, 2.24) is 5.32 Å². The van der Waals surface area contributed by atoms with E-state index >= 15 is 0 Å². The quantitative estimate of drug-likeness (QED) is 0.453. The van der Waals surface area contributed by atoms with E-state index in [1.807, 2.05) is 14.0 Å². The van der Waals surface area contributed by atoms with Gasteiger partial charge in [0.05, 0.1) is 6.10 Å². The summed E-state index contributed by atoms with van der Waals surface area (Å²) in [6.07, 6.45) is 0.806. The molecule has 0 aromatic heterocycles. The van der Waals surface area contributed by atoms with E-state index in [1.54, 1.807) is 0 Å². The van der Waals surface area contributed by atoms with Crippen molar-refractivity contribution in [3.63, 3.8) is 0 Å². The first-order valence-electron chi connectivity index (χ1n) is 2.17. The molecular weight excluding hydrogens is 78.0 g/mol. The summed E-state index contributed by atoms with van der Waals surface area (Å²) in [5.74, 6) is 0. The number of rotatable bonds is 1. The first-order chi connectivity index (χ1) is 2.84. The fourth-order valence-corrected chi connectivity index (χ4v) is 0.489. The Kier molecular flexibility index (Phi) is 0.821. The summed E-state index contributed by atoms with van der Waals surface area (Å²) >= 11 is 0. The van der Waals surface area contributed by atoms with E-state index in [4.69, 9.17) is 4.74 Å². The molecule has 0 aromatic carbocycles. The Hall–Kier alpha value is -0.0800. The zero-order valence-electron chi connectivity index (χ0n) is 4.06. The average molecular weight is 87.1 g/mol. The van der Waals surface area contributed by atoms with E-state index in [2.05, 4.69) is 5.32 Å². The van der Waals surface area contributed by atoms with Crippen molar-refractivity contribution >= 4 is 0 Å². The molecule has 2 nitrogen and oxygen atoms in total. The minimum absolute atomic E-state index is 0.352. The number of nitrogens with one attached hydrogen (secondary N) is 1. The lowest BCUT2D eigenvalue weighted by atomic mass is 10.5. The first-order valence-corrected chi connectivity index (χ1v) is 2.17. The van der Waals surface area contributed by atoms with Crippen LogP contribution in [0.3, 0.4) is 0 Å². The van der Waals surface area contributed by atoms with E-state index in [-0.39, 0.29) is 0 Å². The maximum Gasteiger partial charge on any atom is 0.134 e. The summed E-state index contributed by atoms with van der Waals surface area (Å²) in [5.41, 5.74) is 0. The van der Waals surface area contributed by atoms with Gasteiger partial charge in [-0.05, 0) is 14.0 Å². The summed E-state index contributed by atoms with van der Waals surface area (Å²) in [4.78, 5) is 0. The van der Waals surface area contributed by atoms with E-state index in [1.165, 1.54) is 0 Å². The van der Waals surface area contributed by atoms with Gasteiger partial charge in [0, 0.05) is 0 Å². The Morgan fingerprint density at radius 3 is 2.17 bits per heavy atom. The van der Waals surface area contributed by atoms with E-state index in [9.17, 15) is 0 Å². The third-order valence-corrected chi connectivity index (χ3v) is 0.996. The predicted molar refractivity (Wildman–Crippen MR) is 23.4 cm³/mol. The molecule has 0 spiro atoms. The van der Waals surface area contributed by atoms with Gasteiger partial charge in [-0.25, -0.2) is 0 Å². The summed E-state index contributed by atoms with van der Waals surface area (Å²) in [6.45, 7) is 2.04. The van der Waals surface area contributed by atoms with E-state index in [0.29, 0.717) is 12.3 Å². The third kappa shape index (κ3) is 0.533. The predicted octanol–water partition coefficient (Wildman–Crippen LogP) is -0.0494. The Balaban J connectivity index is 2.09. The van der Waals surface area contributed by atoms with Crippen molar-refractivity contribution in [3.8, 4) is 0 Å². The molecule has 1 aliphatic heterocycles. The summed E-state index contributed by atoms with van der Waals surface area (Å²) in [7, 11) is 1.90. The molecule has 1 rings (SSSR count). The van der Waals surface area contributed by atoms with Crippen LogP contribution in [0.2, 0.25) is 0 Å². The highest BCUT2D eigenvalue weighted by molar-refractivity contribution is 4.74. The zero-order chi connectivity index (χ0) is 4.57. The minimum atomic E-state index is 0.352. The van der Waals surface area contributed by atoms with Crippen LogP contribution >= 0.6 is 0 Å². The van der Waals surface area contributed by atoms with Crippen molar-refractivity contribution in [3.05, 3.63) is 0 Å². The number of epoxide rings is 1. The second kappa shape index (κ2) is 1.21. The minimum Gasteiger partial charge on any atom is -0.354 e. The topological polar surface area (TPSA) is 24.6 Å². The molecule has 1 unspecified atom stereocenters. The Bertz CT molecular complexity index is 53.5.